The molecule has 1 heterocycles. The molecule has 0 spiro atoms. The van der Waals surface area contributed by atoms with E-state index >= 15 is 0 Å². The van der Waals surface area contributed by atoms with E-state index in [-0.39, 0.29) is 5.91 Å². The van der Waals surface area contributed by atoms with Gasteiger partial charge in [-0.1, -0.05) is 55.3 Å². The molecule has 0 atom stereocenters. The van der Waals surface area contributed by atoms with Gasteiger partial charge in [0.2, 0.25) is 0 Å². The first-order chi connectivity index (χ1) is 11.4. The van der Waals surface area contributed by atoms with Crippen molar-refractivity contribution < 1.29 is 4.79 Å². The topological polar surface area (TPSA) is 48.0 Å². The Hall–Kier alpha value is -1.55. The van der Waals surface area contributed by atoms with Gasteiger partial charge in [0.05, 0.1) is 5.56 Å². The van der Waals surface area contributed by atoms with Gasteiger partial charge in [0, 0.05) is 28.0 Å². The van der Waals surface area contributed by atoms with Crippen LogP contribution in [0.25, 0.3) is 11.1 Å². The van der Waals surface area contributed by atoms with Crippen molar-refractivity contribution in [3.05, 3.63) is 45.7 Å². The van der Waals surface area contributed by atoms with Crippen LogP contribution < -0.4 is 5.73 Å². The smallest absolute Gasteiger partial charge is 0.251 e. The predicted molar refractivity (Wildman–Crippen MR) is 104 cm³/mol. The lowest BCUT2D eigenvalue weighted by Gasteiger charge is -2.14. The largest absolute Gasteiger partial charge is 0.366 e. The summed E-state index contributed by atoms with van der Waals surface area (Å²) in [6, 6.07) is 8.13. The maximum Gasteiger partial charge on any atom is 0.251 e. The molecule has 2 N–H and O–H groups in total. The first-order valence-corrected chi connectivity index (χ1v) is 9.43. The van der Waals surface area contributed by atoms with E-state index in [9.17, 15) is 4.79 Å². The highest BCUT2D eigenvalue weighted by Gasteiger charge is 2.24. The van der Waals surface area contributed by atoms with Gasteiger partial charge in [-0.05, 0) is 43.4 Å². The molecule has 0 saturated heterocycles. The highest BCUT2D eigenvalue weighted by atomic mass is 79.9. The fourth-order valence-corrected chi connectivity index (χ4v) is 3.48. The maximum atomic E-state index is 12.2. The maximum absolute atomic E-state index is 12.2. The van der Waals surface area contributed by atoms with E-state index in [4.69, 9.17) is 5.73 Å². The van der Waals surface area contributed by atoms with Gasteiger partial charge >= 0.3 is 0 Å². The van der Waals surface area contributed by atoms with Gasteiger partial charge in [0.15, 0.2) is 0 Å². The molecule has 1 aromatic heterocycles. The van der Waals surface area contributed by atoms with Crippen LogP contribution in [-0.2, 0) is 13.0 Å². The van der Waals surface area contributed by atoms with E-state index in [1.165, 1.54) is 5.69 Å². The zero-order valence-corrected chi connectivity index (χ0v) is 16.6. The number of halogens is 1. The minimum Gasteiger partial charge on any atom is -0.366 e. The Labute approximate surface area is 153 Å². The molecular formula is C20H27BrN2O. The highest BCUT2D eigenvalue weighted by molar-refractivity contribution is 9.10. The third kappa shape index (κ3) is 3.92. The quantitative estimate of drug-likeness (QED) is 0.682. The van der Waals surface area contributed by atoms with E-state index < -0.39 is 0 Å². The fraction of sp³-hybridized carbons (Fsp3) is 0.450. The minimum atomic E-state index is -0.342. The zero-order valence-electron chi connectivity index (χ0n) is 15.0. The van der Waals surface area contributed by atoms with Crippen LogP contribution in [0.15, 0.2) is 28.7 Å². The van der Waals surface area contributed by atoms with Gasteiger partial charge < -0.3 is 10.3 Å². The van der Waals surface area contributed by atoms with Crippen molar-refractivity contribution in [1.82, 2.24) is 4.57 Å². The van der Waals surface area contributed by atoms with Gasteiger partial charge in [-0.25, -0.2) is 0 Å². The molecule has 130 valence electrons. The lowest BCUT2D eigenvalue weighted by Crippen LogP contribution is -2.13. The number of hydrogen-bond acceptors (Lipinski definition) is 1. The second kappa shape index (κ2) is 8.02. The van der Waals surface area contributed by atoms with E-state index in [0.29, 0.717) is 11.5 Å². The van der Waals surface area contributed by atoms with E-state index in [1.54, 1.807) is 0 Å². The highest BCUT2D eigenvalue weighted by Crippen LogP contribution is 2.34. The first kappa shape index (κ1) is 18.8. The second-order valence-corrected chi connectivity index (χ2v) is 7.65. The van der Waals surface area contributed by atoms with Crippen LogP contribution >= 0.6 is 15.9 Å². The summed E-state index contributed by atoms with van der Waals surface area (Å²) in [6.45, 7) is 9.56. The van der Waals surface area contributed by atoms with Gasteiger partial charge in [-0.15, -0.1) is 0 Å². The molecular weight excluding hydrogens is 364 g/mol. The van der Waals surface area contributed by atoms with Crippen molar-refractivity contribution in [2.45, 2.75) is 53.5 Å². The summed E-state index contributed by atoms with van der Waals surface area (Å²) in [5.74, 6) is 0.278. The number of carbonyl (C=O) groups is 1. The zero-order chi connectivity index (χ0) is 17.9. The second-order valence-electron chi connectivity index (χ2n) is 6.74. The molecule has 2 rings (SSSR count). The molecule has 0 radical (unpaired) electrons. The normalized spacial score (nSPS) is 11.2. The summed E-state index contributed by atoms with van der Waals surface area (Å²) in [7, 11) is 0. The predicted octanol–water partition coefficient (Wildman–Crippen LogP) is 5.32. The summed E-state index contributed by atoms with van der Waals surface area (Å²) in [5.41, 5.74) is 10.7. The number of rotatable bonds is 7. The molecule has 0 fully saturated rings. The Morgan fingerprint density at radius 3 is 2.38 bits per heavy atom. The summed E-state index contributed by atoms with van der Waals surface area (Å²) < 4.78 is 3.33. The lowest BCUT2D eigenvalue weighted by atomic mass is 9.98. The Morgan fingerprint density at radius 2 is 1.88 bits per heavy atom. The van der Waals surface area contributed by atoms with Crippen LogP contribution in [0.2, 0.25) is 0 Å². The molecule has 1 aromatic carbocycles. The molecule has 4 heteroatoms. The fourth-order valence-electron chi connectivity index (χ4n) is 3.21. The summed E-state index contributed by atoms with van der Waals surface area (Å²) in [4.78, 5) is 12.2. The Morgan fingerprint density at radius 1 is 1.25 bits per heavy atom. The number of carbonyl (C=O) groups excluding carboxylic acids is 1. The first-order valence-electron chi connectivity index (χ1n) is 8.64. The van der Waals surface area contributed by atoms with Crippen molar-refractivity contribution in [1.29, 1.82) is 0 Å². The van der Waals surface area contributed by atoms with Crippen molar-refractivity contribution in [2.75, 3.05) is 0 Å². The van der Waals surface area contributed by atoms with Crippen molar-refractivity contribution in [3.63, 3.8) is 0 Å². The molecule has 0 bridgehead atoms. The van der Waals surface area contributed by atoms with Crippen molar-refractivity contribution in [3.8, 4) is 11.1 Å². The van der Waals surface area contributed by atoms with Crippen LogP contribution in [0, 0.1) is 12.8 Å². The van der Waals surface area contributed by atoms with Crippen LogP contribution in [0.3, 0.4) is 0 Å². The molecule has 0 aliphatic heterocycles. The van der Waals surface area contributed by atoms with Crippen molar-refractivity contribution >= 4 is 21.8 Å². The lowest BCUT2D eigenvalue weighted by molar-refractivity contribution is 0.1000. The van der Waals surface area contributed by atoms with Gasteiger partial charge in [-0.3, -0.25) is 4.79 Å². The SMILES string of the molecule is CCCc1c(-c2ccc(Br)cc2)c(C(N)=O)c(C)n1CCC(C)C. The Bertz CT molecular complexity index is 714. The number of aromatic nitrogens is 1. The number of nitrogens with zero attached hydrogens (tertiary/aromatic N) is 1. The molecule has 0 aliphatic rings. The summed E-state index contributed by atoms with van der Waals surface area (Å²) in [5, 5.41) is 0. The van der Waals surface area contributed by atoms with E-state index in [0.717, 1.165) is 47.1 Å². The number of nitrogens with two attached hydrogens (primary N) is 1. The molecule has 0 unspecified atom stereocenters. The van der Waals surface area contributed by atoms with E-state index in [2.05, 4.69) is 53.4 Å². The third-order valence-electron chi connectivity index (χ3n) is 4.43. The summed E-state index contributed by atoms with van der Waals surface area (Å²) in [6.07, 6.45) is 3.06. The standard InChI is InChI=1S/C20H27BrN2O/c1-5-6-17-19(15-7-9-16(21)10-8-15)18(20(22)24)14(4)23(17)12-11-13(2)3/h7-10,13H,5-6,11-12H2,1-4H3,(H2,22,24). The van der Waals surface area contributed by atoms with Crippen LogP contribution in [0.1, 0.15) is 55.4 Å². The molecule has 2 aromatic rings. The van der Waals surface area contributed by atoms with Gasteiger partial charge in [0.1, 0.15) is 0 Å². The third-order valence-corrected chi connectivity index (χ3v) is 4.96. The number of primary amides is 1. The van der Waals surface area contributed by atoms with Gasteiger partial charge in [0.25, 0.3) is 5.91 Å². The molecule has 0 aliphatic carbocycles. The van der Waals surface area contributed by atoms with E-state index in [1.807, 2.05) is 19.1 Å². The van der Waals surface area contributed by atoms with Crippen LogP contribution in [0.5, 0.6) is 0 Å². The molecule has 3 nitrogen and oxygen atoms in total. The molecule has 24 heavy (non-hydrogen) atoms. The van der Waals surface area contributed by atoms with Crippen LogP contribution in [-0.4, -0.2) is 10.5 Å². The average Bonchev–Trinajstić information content (AvgIpc) is 2.79. The number of hydrogen-bond donors (Lipinski definition) is 1. The Kier molecular flexibility index (Phi) is 6.27. The van der Waals surface area contributed by atoms with Gasteiger partial charge in [-0.2, -0.15) is 0 Å². The molecule has 0 saturated carbocycles. The summed E-state index contributed by atoms with van der Waals surface area (Å²) >= 11 is 3.48. The monoisotopic (exact) mass is 390 g/mol. The van der Waals surface area contributed by atoms with Crippen molar-refractivity contribution in [2.24, 2.45) is 11.7 Å². The average molecular weight is 391 g/mol. The minimum absolute atomic E-state index is 0.342. The number of benzene rings is 1. The van der Waals surface area contributed by atoms with Crippen LogP contribution in [0.4, 0.5) is 0 Å². The Balaban J connectivity index is 2.67. The number of amides is 1. The molecule has 1 amide bonds.